The predicted molar refractivity (Wildman–Crippen MR) is 80.9 cm³/mol. The number of rotatable bonds is 4. The van der Waals surface area contributed by atoms with Crippen molar-refractivity contribution in [3.63, 3.8) is 0 Å². The average Bonchev–Trinajstić information content (AvgIpc) is 2.37. The van der Waals surface area contributed by atoms with Crippen LogP contribution in [0.5, 0.6) is 5.75 Å². The largest absolute Gasteiger partial charge is 0.490 e. The van der Waals surface area contributed by atoms with Crippen molar-refractivity contribution < 1.29 is 13.2 Å². The molecule has 0 spiro atoms. The van der Waals surface area contributed by atoms with Crippen LogP contribution in [-0.2, 0) is 9.05 Å². The molecule has 2 atom stereocenters. The van der Waals surface area contributed by atoms with Crippen molar-refractivity contribution in [3.8, 4) is 5.75 Å². The van der Waals surface area contributed by atoms with E-state index in [0.717, 1.165) is 24.5 Å². The third-order valence-electron chi connectivity index (χ3n) is 4.02. The third kappa shape index (κ3) is 3.89. The second-order valence-electron chi connectivity index (χ2n) is 5.55. The Morgan fingerprint density at radius 1 is 1.35 bits per heavy atom. The van der Waals surface area contributed by atoms with Gasteiger partial charge in [0.05, 0.1) is 11.0 Å². The maximum atomic E-state index is 11.4. The van der Waals surface area contributed by atoms with Crippen molar-refractivity contribution in [2.24, 2.45) is 5.92 Å². The van der Waals surface area contributed by atoms with Crippen molar-refractivity contribution >= 4 is 19.7 Å². The van der Waals surface area contributed by atoms with E-state index in [1.807, 2.05) is 0 Å². The second kappa shape index (κ2) is 6.35. The van der Waals surface area contributed by atoms with Crippen molar-refractivity contribution in [1.29, 1.82) is 0 Å². The van der Waals surface area contributed by atoms with Crippen LogP contribution in [0.15, 0.2) is 23.1 Å². The normalized spacial score (nSPS) is 23.6. The lowest BCUT2D eigenvalue weighted by Gasteiger charge is -2.29. The van der Waals surface area contributed by atoms with Gasteiger partial charge in [0.1, 0.15) is 5.75 Å². The average molecular weight is 317 g/mol. The highest BCUT2D eigenvalue weighted by Crippen LogP contribution is 2.31. The standard InChI is InChI=1S/C15H21ClO3S/c1-3-12-5-4-6-13(10-12)19-14-7-8-15(11(2)9-14)20(16,17)18/h7-9,12-13H,3-6,10H2,1-2H3. The zero-order chi connectivity index (χ0) is 14.8. The van der Waals surface area contributed by atoms with Crippen molar-refractivity contribution in [2.75, 3.05) is 0 Å². The summed E-state index contributed by atoms with van der Waals surface area (Å²) in [5.74, 6) is 1.48. The summed E-state index contributed by atoms with van der Waals surface area (Å²) in [6.07, 6.45) is 6.10. The molecule has 1 fully saturated rings. The zero-order valence-corrected chi connectivity index (χ0v) is 13.5. The Balaban J connectivity index is 2.09. The van der Waals surface area contributed by atoms with Gasteiger partial charge in [-0.1, -0.05) is 19.8 Å². The molecule has 0 aliphatic heterocycles. The van der Waals surface area contributed by atoms with E-state index in [9.17, 15) is 8.42 Å². The highest BCUT2D eigenvalue weighted by atomic mass is 35.7. The first-order chi connectivity index (χ1) is 9.40. The molecule has 1 aliphatic rings. The first kappa shape index (κ1) is 15.6. The Morgan fingerprint density at radius 3 is 2.70 bits per heavy atom. The number of halogens is 1. The SMILES string of the molecule is CCC1CCCC(Oc2ccc(S(=O)(=O)Cl)c(C)c2)C1. The smallest absolute Gasteiger partial charge is 0.261 e. The lowest BCUT2D eigenvalue weighted by Crippen LogP contribution is -2.25. The third-order valence-corrected chi connectivity index (χ3v) is 5.51. The van der Waals surface area contributed by atoms with Gasteiger partial charge in [-0.3, -0.25) is 0 Å². The number of hydrogen-bond acceptors (Lipinski definition) is 3. The minimum absolute atomic E-state index is 0.154. The molecule has 112 valence electrons. The molecule has 1 aliphatic carbocycles. The molecule has 1 aromatic rings. The summed E-state index contributed by atoms with van der Waals surface area (Å²) in [7, 11) is 1.70. The van der Waals surface area contributed by atoms with Crippen molar-refractivity contribution in [2.45, 2.75) is 57.0 Å². The van der Waals surface area contributed by atoms with Gasteiger partial charge >= 0.3 is 0 Å². The van der Waals surface area contributed by atoms with Crippen LogP contribution in [0.3, 0.4) is 0 Å². The van der Waals surface area contributed by atoms with E-state index in [2.05, 4.69) is 6.92 Å². The fourth-order valence-electron chi connectivity index (χ4n) is 2.88. The van der Waals surface area contributed by atoms with Crippen LogP contribution in [0.25, 0.3) is 0 Å². The highest BCUT2D eigenvalue weighted by molar-refractivity contribution is 8.13. The van der Waals surface area contributed by atoms with Crippen LogP contribution in [0.2, 0.25) is 0 Å². The molecule has 1 aromatic carbocycles. The molecular weight excluding hydrogens is 296 g/mol. The van der Waals surface area contributed by atoms with Gasteiger partial charge in [-0.05, 0) is 55.9 Å². The van der Waals surface area contributed by atoms with Gasteiger partial charge in [-0.15, -0.1) is 0 Å². The van der Waals surface area contributed by atoms with Gasteiger partial charge in [-0.2, -0.15) is 0 Å². The van der Waals surface area contributed by atoms with Gasteiger partial charge in [-0.25, -0.2) is 8.42 Å². The fraction of sp³-hybridized carbons (Fsp3) is 0.600. The molecule has 0 amide bonds. The van der Waals surface area contributed by atoms with E-state index < -0.39 is 9.05 Å². The summed E-state index contributed by atoms with van der Waals surface area (Å²) in [5.41, 5.74) is 0.625. The van der Waals surface area contributed by atoms with E-state index in [1.54, 1.807) is 19.1 Å². The van der Waals surface area contributed by atoms with Crippen LogP contribution in [0, 0.1) is 12.8 Å². The first-order valence-electron chi connectivity index (χ1n) is 7.12. The van der Waals surface area contributed by atoms with Gasteiger partial charge in [0.15, 0.2) is 0 Å². The Morgan fingerprint density at radius 2 is 2.10 bits per heavy atom. The van der Waals surface area contributed by atoms with E-state index in [4.69, 9.17) is 15.4 Å². The van der Waals surface area contributed by atoms with Crippen LogP contribution in [-0.4, -0.2) is 14.5 Å². The molecule has 0 N–H and O–H groups in total. The molecule has 0 aromatic heterocycles. The topological polar surface area (TPSA) is 43.4 Å². The number of ether oxygens (including phenoxy) is 1. The van der Waals surface area contributed by atoms with Crippen molar-refractivity contribution in [3.05, 3.63) is 23.8 Å². The minimum atomic E-state index is -3.68. The van der Waals surface area contributed by atoms with Crippen molar-refractivity contribution in [1.82, 2.24) is 0 Å². The Bertz CT molecular complexity index is 568. The lowest BCUT2D eigenvalue weighted by atomic mass is 9.85. The van der Waals surface area contributed by atoms with Gasteiger partial charge < -0.3 is 4.74 Å². The van der Waals surface area contributed by atoms with Crippen LogP contribution >= 0.6 is 10.7 Å². The van der Waals surface area contributed by atoms with Crippen LogP contribution in [0.1, 0.15) is 44.6 Å². The molecular formula is C15H21ClO3S. The van der Waals surface area contributed by atoms with Gasteiger partial charge in [0.25, 0.3) is 9.05 Å². The maximum Gasteiger partial charge on any atom is 0.261 e. The monoisotopic (exact) mass is 316 g/mol. The predicted octanol–water partition coefficient (Wildman–Crippen LogP) is 4.27. The van der Waals surface area contributed by atoms with Gasteiger partial charge in [0, 0.05) is 10.7 Å². The zero-order valence-electron chi connectivity index (χ0n) is 11.9. The summed E-state index contributed by atoms with van der Waals surface area (Å²) in [6, 6.07) is 4.97. The summed E-state index contributed by atoms with van der Waals surface area (Å²) >= 11 is 0. The van der Waals surface area contributed by atoms with Crippen LogP contribution in [0.4, 0.5) is 0 Å². The minimum Gasteiger partial charge on any atom is -0.490 e. The number of aryl methyl sites for hydroxylation is 1. The molecule has 2 unspecified atom stereocenters. The van der Waals surface area contributed by atoms with Gasteiger partial charge in [0.2, 0.25) is 0 Å². The molecule has 5 heteroatoms. The summed E-state index contributed by atoms with van der Waals surface area (Å²) in [6.45, 7) is 3.95. The molecule has 0 saturated heterocycles. The summed E-state index contributed by atoms with van der Waals surface area (Å²) in [5, 5.41) is 0. The van der Waals surface area contributed by atoms with E-state index in [1.165, 1.54) is 25.3 Å². The lowest BCUT2D eigenvalue weighted by molar-refractivity contribution is 0.122. The molecule has 0 radical (unpaired) electrons. The quantitative estimate of drug-likeness (QED) is 0.779. The molecule has 2 rings (SSSR count). The number of hydrogen-bond donors (Lipinski definition) is 0. The number of benzene rings is 1. The molecule has 20 heavy (non-hydrogen) atoms. The molecule has 3 nitrogen and oxygen atoms in total. The second-order valence-corrected chi connectivity index (χ2v) is 8.08. The Kier molecular flexibility index (Phi) is 4.97. The summed E-state index contributed by atoms with van der Waals surface area (Å²) < 4.78 is 28.7. The first-order valence-corrected chi connectivity index (χ1v) is 9.43. The molecule has 0 heterocycles. The fourth-order valence-corrected chi connectivity index (χ4v) is 4.07. The Hall–Kier alpha value is -0.740. The van der Waals surface area contributed by atoms with Crippen LogP contribution < -0.4 is 4.74 Å². The molecule has 0 bridgehead atoms. The maximum absolute atomic E-state index is 11.4. The Labute approximate surface area is 125 Å². The highest BCUT2D eigenvalue weighted by Gasteiger charge is 2.22. The summed E-state index contributed by atoms with van der Waals surface area (Å²) in [4.78, 5) is 0.154. The van der Waals surface area contributed by atoms with E-state index >= 15 is 0 Å². The van der Waals surface area contributed by atoms with E-state index in [-0.39, 0.29) is 11.0 Å². The van der Waals surface area contributed by atoms with E-state index in [0.29, 0.717) is 5.56 Å². The molecule has 1 saturated carbocycles.